The number of thioether (sulfide) groups is 1. The molecule has 0 radical (unpaired) electrons. The fraction of sp³-hybridized carbons (Fsp3) is 0.200. The second-order valence-electron chi connectivity index (χ2n) is 1.67. The van der Waals surface area contributed by atoms with E-state index >= 15 is 0 Å². The van der Waals surface area contributed by atoms with Crippen LogP contribution in [0, 0.1) is 0 Å². The van der Waals surface area contributed by atoms with E-state index in [1.54, 1.807) is 0 Å². The van der Waals surface area contributed by atoms with Gasteiger partial charge in [-0.15, -0.1) is 11.8 Å². The van der Waals surface area contributed by atoms with Crippen LogP contribution in [0.25, 0.3) is 0 Å². The Morgan fingerprint density at radius 3 is 3.00 bits per heavy atom. The fourth-order valence-electron chi connectivity index (χ4n) is 0.542. The summed E-state index contributed by atoms with van der Waals surface area (Å²) in [5, 5.41) is 0. The molecule has 54 valence electrons. The first kappa shape index (κ1) is 7.14. The summed E-state index contributed by atoms with van der Waals surface area (Å²) >= 11 is 1.34. The fourth-order valence-corrected chi connectivity index (χ4v) is 0.937. The van der Waals surface area contributed by atoms with Crippen LogP contribution in [0.2, 0.25) is 0 Å². The third-order valence-corrected chi connectivity index (χ3v) is 1.74. The van der Waals surface area contributed by atoms with E-state index in [2.05, 4.69) is 9.97 Å². The van der Waals surface area contributed by atoms with Crippen molar-refractivity contribution in [1.82, 2.24) is 9.97 Å². The van der Waals surface area contributed by atoms with Crippen LogP contribution in [-0.2, 0) is 0 Å². The molecule has 0 aliphatic rings. The number of hydrogen-bond donors (Lipinski definition) is 2. The maximum atomic E-state index is 10.9. The second-order valence-corrected chi connectivity index (χ2v) is 2.51. The summed E-state index contributed by atoms with van der Waals surface area (Å²) in [5.74, 6) is 0.155. The van der Waals surface area contributed by atoms with Gasteiger partial charge in [0.05, 0.1) is 4.90 Å². The van der Waals surface area contributed by atoms with Crippen LogP contribution < -0.4 is 11.3 Å². The van der Waals surface area contributed by atoms with Crippen LogP contribution in [-0.4, -0.2) is 16.2 Å². The van der Waals surface area contributed by atoms with E-state index in [0.29, 0.717) is 4.90 Å². The molecule has 0 amide bonds. The van der Waals surface area contributed by atoms with Crippen molar-refractivity contribution in [3.63, 3.8) is 0 Å². The molecule has 10 heavy (non-hydrogen) atoms. The van der Waals surface area contributed by atoms with E-state index in [4.69, 9.17) is 5.73 Å². The number of nitrogens with two attached hydrogens (primary N) is 1. The van der Waals surface area contributed by atoms with Crippen molar-refractivity contribution >= 4 is 17.7 Å². The predicted molar refractivity (Wildman–Crippen MR) is 41.1 cm³/mol. The molecule has 0 aliphatic carbocycles. The van der Waals surface area contributed by atoms with Crippen LogP contribution >= 0.6 is 11.8 Å². The zero-order valence-electron chi connectivity index (χ0n) is 5.42. The minimum Gasteiger partial charge on any atom is -0.369 e. The van der Waals surface area contributed by atoms with Crippen molar-refractivity contribution in [2.75, 3.05) is 12.0 Å². The maximum Gasteiger partial charge on any atom is 0.265 e. The molecule has 1 aromatic rings. The molecule has 0 atom stereocenters. The van der Waals surface area contributed by atoms with Gasteiger partial charge in [-0.1, -0.05) is 0 Å². The zero-order chi connectivity index (χ0) is 7.56. The van der Waals surface area contributed by atoms with Crippen LogP contribution in [0.5, 0.6) is 0 Å². The van der Waals surface area contributed by atoms with Crippen molar-refractivity contribution in [1.29, 1.82) is 0 Å². The third-order valence-electron chi connectivity index (χ3n) is 1.01. The molecule has 0 aromatic carbocycles. The monoisotopic (exact) mass is 157 g/mol. The van der Waals surface area contributed by atoms with Crippen molar-refractivity contribution in [3.8, 4) is 0 Å². The Balaban J connectivity index is 3.20. The van der Waals surface area contributed by atoms with Gasteiger partial charge in [-0.3, -0.25) is 9.78 Å². The molecule has 0 spiro atoms. The second kappa shape index (κ2) is 2.74. The molecule has 0 aliphatic heterocycles. The average molecular weight is 157 g/mol. The summed E-state index contributed by atoms with van der Waals surface area (Å²) in [6, 6.07) is 0. The van der Waals surface area contributed by atoms with E-state index in [9.17, 15) is 4.79 Å². The number of hydrogen-bond acceptors (Lipinski definition) is 4. The number of anilines is 1. The highest BCUT2D eigenvalue weighted by atomic mass is 32.2. The van der Waals surface area contributed by atoms with Crippen molar-refractivity contribution in [3.05, 3.63) is 16.6 Å². The van der Waals surface area contributed by atoms with Crippen LogP contribution in [0.1, 0.15) is 0 Å². The third kappa shape index (κ3) is 1.30. The number of nitrogen functional groups attached to an aromatic ring is 1. The van der Waals surface area contributed by atoms with Gasteiger partial charge in [0.2, 0.25) is 0 Å². The molecular formula is C5H7N3OS. The van der Waals surface area contributed by atoms with Crippen LogP contribution in [0.15, 0.2) is 15.9 Å². The molecule has 0 saturated heterocycles. The van der Waals surface area contributed by atoms with Gasteiger partial charge in [0.1, 0.15) is 0 Å². The summed E-state index contributed by atoms with van der Waals surface area (Å²) in [4.78, 5) is 17.5. The van der Waals surface area contributed by atoms with Gasteiger partial charge in [-0.2, -0.15) is 0 Å². The van der Waals surface area contributed by atoms with Gasteiger partial charge in [-0.25, -0.2) is 4.98 Å². The summed E-state index contributed by atoms with van der Waals surface area (Å²) < 4.78 is 0. The van der Waals surface area contributed by atoms with E-state index < -0.39 is 0 Å². The Labute approximate surface area is 61.9 Å². The van der Waals surface area contributed by atoms with Gasteiger partial charge in [0, 0.05) is 6.20 Å². The summed E-state index contributed by atoms with van der Waals surface area (Å²) in [6.07, 6.45) is 3.27. The molecule has 4 nitrogen and oxygen atoms in total. The van der Waals surface area contributed by atoms with Crippen molar-refractivity contribution in [2.45, 2.75) is 4.90 Å². The number of aromatic nitrogens is 2. The van der Waals surface area contributed by atoms with Crippen molar-refractivity contribution < 1.29 is 0 Å². The number of rotatable bonds is 1. The number of aromatic amines is 1. The molecule has 0 saturated carbocycles. The Morgan fingerprint density at radius 2 is 2.50 bits per heavy atom. The normalized spacial score (nSPS) is 9.70. The topological polar surface area (TPSA) is 71.8 Å². The summed E-state index contributed by atoms with van der Waals surface area (Å²) in [5.41, 5.74) is 5.03. The largest absolute Gasteiger partial charge is 0.369 e. The highest BCUT2D eigenvalue weighted by Crippen LogP contribution is 2.05. The summed E-state index contributed by atoms with van der Waals surface area (Å²) in [6.45, 7) is 0. The lowest BCUT2D eigenvalue weighted by atomic mass is 10.6. The first-order valence-electron chi connectivity index (χ1n) is 2.63. The SMILES string of the molecule is CSc1cnc(N)[nH]c1=O. The van der Waals surface area contributed by atoms with Crippen LogP contribution in [0.4, 0.5) is 5.95 Å². The molecule has 1 rings (SSSR count). The quantitative estimate of drug-likeness (QED) is 0.566. The molecule has 0 unspecified atom stereocenters. The molecule has 5 heteroatoms. The minimum absolute atomic E-state index is 0.155. The molecule has 1 aromatic heterocycles. The zero-order valence-corrected chi connectivity index (χ0v) is 6.23. The van der Waals surface area contributed by atoms with Crippen molar-refractivity contribution in [2.24, 2.45) is 0 Å². The lowest BCUT2D eigenvalue weighted by Gasteiger charge is -1.93. The van der Waals surface area contributed by atoms with Gasteiger partial charge >= 0.3 is 0 Å². The molecule has 3 N–H and O–H groups in total. The van der Waals surface area contributed by atoms with E-state index in [-0.39, 0.29) is 11.5 Å². The van der Waals surface area contributed by atoms with E-state index in [0.717, 1.165) is 0 Å². The minimum atomic E-state index is -0.181. The van der Waals surface area contributed by atoms with Gasteiger partial charge < -0.3 is 5.73 Å². The smallest absolute Gasteiger partial charge is 0.265 e. The lowest BCUT2D eigenvalue weighted by Crippen LogP contribution is -2.11. The van der Waals surface area contributed by atoms with Gasteiger partial charge in [0.15, 0.2) is 5.95 Å². The van der Waals surface area contributed by atoms with E-state index in [1.807, 2.05) is 6.26 Å². The first-order valence-corrected chi connectivity index (χ1v) is 3.85. The number of H-pyrrole nitrogens is 1. The van der Waals surface area contributed by atoms with E-state index in [1.165, 1.54) is 18.0 Å². The summed E-state index contributed by atoms with van der Waals surface area (Å²) in [7, 11) is 0. The number of nitrogens with one attached hydrogen (secondary N) is 1. The molecular weight excluding hydrogens is 150 g/mol. The first-order chi connectivity index (χ1) is 4.74. The van der Waals surface area contributed by atoms with Crippen LogP contribution in [0.3, 0.4) is 0 Å². The maximum absolute atomic E-state index is 10.9. The average Bonchev–Trinajstić information content (AvgIpc) is 1.88. The number of nitrogens with zero attached hydrogens (tertiary/aromatic N) is 1. The Bertz CT molecular complexity index is 282. The lowest BCUT2D eigenvalue weighted by molar-refractivity contribution is 1.06. The molecule has 1 heterocycles. The Morgan fingerprint density at radius 1 is 1.80 bits per heavy atom. The molecule has 0 bridgehead atoms. The van der Waals surface area contributed by atoms with Gasteiger partial charge in [0.25, 0.3) is 5.56 Å². The molecule has 0 fully saturated rings. The Hall–Kier alpha value is -0.970. The highest BCUT2D eigenvalue weighted by Gasteiger charge is 1.96. The van der Waals surface area contributed by atoms with Gasteiger partial charge in [-0.05, 0) is 6.26 Å². The highest BCUT2D eigenvalue weighted by molar-refractivity contribution is 7.98. The Kier molecular flexibility index (Phi) is 1.96. The predicted octanol–water partition coefficient (Wildman–Crippen LogP) is 0.0740. The standard InChI is InChI=1S/C5H7N3OS/c1-10-3-2-7-5(6)8-4(3)9/h2H,1H3,(H3,6,7,8,9).